The van der Waals surface area contributed by atoms with E-state index in [0.29, 0.717) is 25.9 Å². The van der Waals surface area contributed by atoms with Crippen LogP contribution in [0.2, 0.25) is 0 Å². The van der Waals surface area contributed by atoms with Crippen LogP contribution in [-0.4, -0.2) is 52.8 Å². The number of hydrogen-bond acceptors (Lipinski definition) is 3. The lowest BCUT2D eigenvalue weighted by molar-refractivity contribution is -0.145. The number of carbonyl (C=O) groups is 2. The number of carbonyl (C=O) groups excluding carboxylic acids is 1. The first-order chi connectivity index (χ1) is 9.93. The zero-order chi connectivity index (χ0) is 15.5. The summed E-state index contributed by atoms with van der Waals surface area (Å²) in [6.45, 7) is 4.86. The van der Waals surface area contributed by atoms with Gasteiger partial charge in [0.25, 0.3) is 0 Å². The number of carboxylic acid groups (broad SMARTS) is 1. The van der Waals surface area contributed by atoms with Gasteiger partial charge in [-0.05, 0) is 26.7 Å². The van der Waals surface area contributed by atoms with E-state index in [1.54, 1.807) is 4.90 Å². The average molecular weight is 298 g/mol. The number of morpholine rings is 1. The maximum Gasteiger partial charge on any atom is 0.329 e. The molecular formula is C15H26N2O4. The Morgan fingerprint density at radius 3 is 2.10 bits per heavy atom. The predicted octanol–water partition coefficient (Wildman–Crippen LogP) is 1.98. The number of rotatable bonds is 2. The van der Waals surface area contributed by atoms with Crippen LogP contribution in [0.25, 0.3) is 0 Å². The van der Waals surface area contributed by atoms with E-state index in [1.807, 2.05) is 13.8 Å². The van der Waals surface area contributed by atoms with Crippen molar-refractivity contribution in [1.29, 1.82) is 0 Å². The zero-order valence-corrected chi connectivity index (χ0v) is 12.9. The molecule has 6 nitrogen and oxygen atoms in total. The van der Waals surface area contributed by atoms with Gasteiger partial charge in [0, 0.05) is 13.1 Å². The number of hydrogen-bond donors (Lipinski definition) is 2. The summed E-state index contributed by atoms with van der Waals surface area (Å²) < 4.78 is 5.61. The Bertz CT molecular complexity index is 381. The van der Waals surface area contributed by atoms with Gasteiger partial charge in [0.2, 0.25) is 0 Å². The minimum Gasteiger partial charge on any atom is -0.480 e. The molecule has 2 rings (SSSR count). The van der Waals surface area contributed by atoms with Gasteiger partial charge in [-0.3, -0.25) is 0 Å². The topological polar surface area (TPSA) is 78.9 Å². The van der Waals surface area contributed by atoms with Gasteiger partial charge in [-0.15, -0.1) is 0 Å². The van der Waals surface area contributed by atoms with E-state index < -0.39 is 11.5 Å². The fourth-order valence-corrected chi connectivity index (χ4v) is 3.35. The molecule has 2 amide bonds. The first-order valence-corrected chi connectivity index (χ1v) is 7.89. The van der Waals surface area contributed by atoms with Crippen LogP contribution in [0.3, 0.4) is 0 Å². The van der Waals surface area contributed by atoms with Crippen LogP contribution in [0, 0.1) is 0 Å². The largest absolute Gasteiger partial charge is 0.480 e. The van der Waals surface area contributed by atoms with Gasteiger partial charge in [0.05, 0.1) is 12.2 Å². The highest BCUT2D eigenvalue weighted by atomic mass is 16.5. The van der Waals surface area contributed by atoms with Crippen LogP contribution in [0.1, 0.15) is 52.4 Å². The Balaban J connectivity index is 2.05. The van der Waals surface area contributed by atoms with E-state index in [2.05, 4.69) is 5.32 Å². The number of nitrogens with one attached hydrogen (secondary N) is 1. The van der Waals surface area contributed by atoms with Crippen molar-refractivity contribution in [1.82, 2.24) is 10.2 Å². The molecule has 0 bridgehead atoms. The summed E-state index contributed by atoms with van der Waals surface area (Å²) in [7, 11) is 0. The van der Waals surface area contributed by atoms with Gasteiger partial charge in [-0.2, -0.15) is 0 Å². The van der Waals surface area contributed by atoms with Crippen molar-refractivity contribution >= 4 is 12.0 Å². The molecule has 0 unspecified atom stereocenters. The van der Waals surface area contributed by atoms with Crippen LogP contribution >= 0.6 is 0 Å². The molecule has 2 aliphatic rings. The molecule has 120 valence electrons. The molecule has 1 saturated carbocycles. The Morgan fingerprint density at radius 2 is 1.62 bits per heavy atom. The van der Waals surface area contributed by atoms with Crippen LogP contribution in [-0.2, 0) is 9.53 Å². The molecule has 21 heavy (non-hydrogen) atoms. The molecule has 2 N–H and O–H groups in total. The van der Waals surface area contributed by atoms with Crippen molar-refractivity contribution < 1.29 is 19.4 Å². The summed E-state index contributed by atoms with van der Waals surface area (Å²) in [5, 5.41) is 12.4. The lowest BCUT2D eigenvalue weighted by Crippen LogP contribution is -2.60. The van der Waals surface area contributed by atoms with E-state index in [-0.39, 0.29) is 18.2 Å². The SMILES string of the molecule is C[C@@H]1CN(C(=O)NC2(C(=O)O)CCCCCC2)C[C@H](C)O1. The normalized spacial score (nSPS) is 29.5. The van der Waals surface area contributed by atoms with E-state index in [9.17, 15) is 14.7 Å². The molecule has 2 fully saturated rings. The molecule has 2 atom stereocenters. The maximum atomic E-state index is 12.5. The molecule has 1 saturated heterocycles. The zero-order valence-electron chi connectivity index (χ0n) is 12.9. The van der Waals surface area contributed by atoms with E-state index in [1.165, 1.54) is 0 Å². The second kappa shape index (κ2) is 6.64. The van der Waals surface area contributed by atoms with Crippen LogP contribution in [0.15, 0.2) is 0 Å². The van der Waals surface area contributed by atoms with Gasteiger partial charge in [0.1, 0.15) is 5.54 Å². The second-order valence-electron chi connectivity index (χ2n) is 6.39. The third-order valence-corrected chi connectivity index (χ3v) is 4.42. The fraction of sp³-hybridized carbons (Fsp3) is 0.867. The molecule has 1 aliphatic carbocycles. The smallest absolute Gasteiger partial charge is 0.329 e. The third kappa shape index (κ3) is 3.87. The molecule has 0 radical (unpaired) electrons. The van der Waals surface area contributed by atoms with Crippen molar-refractivity contribution in [3.05, 3.63) is 0 Å². The number of amides is 2. The van der Waals surface area contributed by atoms with Gasteiger partial charge in [-0.1, -0.05) is 25.7 Å². The summed E-state index contributed by atoms with van der Waals surface area (Å²) >= 11 is 0. The van der Waals surface area contributed by atoms with Gasteiger partial charge in [-0.25, -0.2) is 9.59 Å². The lowest BCUT2D eigenvalue weighted by Gasteiger charge is -2.38. The highest BCUT2D eigenvalue weighted by molar-refractivity contribution is 5.86. The standard InChI is InChI=1S/C15H26N2O4/c1-11-9-17(10-12(2)21-11)14(20)16-15(13(18)19)7-5-3-4-6-8-15/h11-12H,3-10H2,1-2H3,(H,16,20)(H,18,19)/t11-,12+. The van der Waals surface area contributed by atoms with Crippen LogP contribution in [0.4, 0.5) is 4.79 Å². The van der Waals surface area contributed by atoms with Gasteiger partial charge in [0.15, 0.2) is 0 Å². The van der Waals surface area contributed by atoms with Crippen LogP contribution < -0.4 is 5.32 Å². The molecule has 0 spiro atoms. The highest BCUT2D eigenvalue weighted by Gasteiger charge is 2.41. The minimum absolute atomic E-state index is 0.0191. The van der Waals surface area contributed by atoms with E-state index >= 15 is 0 Å². The fourth-order valence-electron chi connectivity index (χ4n) is 3.35. The Labute approximate surface area is 125 Å². The van der Waals surface area contributed by atoms with Crippen molar-refractivity contribution in [3.63, 3.8) is 0 Å². The number of urea groups is 1. The Hall–Kier alpha value is -1.30. The predicted molar refractivity (Wildman–Crippen MR) is 78.2 cm³/mol. The lowest BCUT2D eigenvalue weighted by atomic mass is 9.90. The van der Waals surface area contributed by atoms with E-state index in [4.69, 9.17) is 4.74 Å². The third-order valence-electron chi connectivity index (χ3n) is 4.42. The summed E-state index contributed by atoms with van der Waals surface area (Å²) in [5.41, 5.74) is -1.10. The molecule has 6 heteroatoms. The summed E-state index contributed by atoms with van der Waals surface area (Å²) in [6.07, 6.45) is 4.77. The first-order valence-electron chi connectivity index (χ1n) is 7.89. The van der Waals surface area contributed by atoms with Gasteiger partial charge < -0.3 is 20.1 Å². The van der Waals surface area contributed by atoms with Crippen molar-refractivity contribution in [2.75, 3.05) is 13.1 Å². The van der Waals surface area contributed by atoms with Crippen LogP contribution in [0.5, 0.6) is 0 Å². The minimum atomic E-state index is -1.10. The van der Waals surface area contributed by atoms with Crippen molar-refractivity contribution in [2.45, 2.75) is 70.1 Å². The molecular weight excluding hydrogens is 272 g/mol. The average Bonchev–Trinajstić information content (AvgIpc) is 2.64. The summed E-state index contributed by atoms with van der Waals surface area (Å²) in [6, 6.07) is -0.277. The summed E-state index contributed by atoms with van der Waals surface area (Å²) in [5.74, 6) is -0.910. The van der Waals surface area contributed by atoms with Crippen molar-refractivity contribution in [3.8, 4) is 0 Å². The molecule has 1 heterocycles. The van der Waals surface area contributed by atoms with Crippen molar-refractivity contribution in [2.24, 2.45) is 0 Å². The van der Waals surface area contributed by atoms with Gasteiger partial charge >= 0.3 is 12.0 Å². The van der Waals surface area contributed by atoms with E-state index in [0.717, 1.165) is 25.7 Å². The number of ether oxygens (including phenoxy) is 1. The number of nitrogens with zero attached hydrogens (tertiary/aromatic N) is 1. The Kier molecular flexibility index (Phi) is 5.08. The monoisotopic (exact) mass is 298 g/mol. The maximum absolute atomic E-state index is 12.5. The summed E-state index contributed by atoms with van der Waals surface area (Å²) in [4.78, 5) is 25.9. The Morgan fingerprint density at radius 1 is 1.10 bits per heavy atom. The molecule has 0 aromatic heterocycles. The molecule has 0 aromatic rings. The molecule has 1 aliphatic heterocycles. The number of aliphatic carboxylic acids is 1. The number of carboxylic acids is 1. The molecule has 0 aromatic carbocycles. The second-order valence-corrected chi connectivity index (χ2v) is 6.39. The highest BCUT2D eigenvalue weighted by Crippen LogP contribution is 2.28. The first kappa shape index (κ1) is 16.1. The quantitative estimate of drug-likeness (QED) is 0.764.